The molecule has 1 aromatic rings. The molecule has 0 aliphatic rings. The molecule has 1 aromatic carbocycles. The smallest absolute Gasteiger partial charge is 0.406 e. The van der Waals surface area contributed by atoms with Crippen molar-refractivity contribution in [1.29, 1.82) is 0 Å². The minimum absolute atomic E-state index is 0.0368. The first-order valence-corrected chi connectivity index (χ1v) is 9.04. The summed E-state index contributed by atoms with van der Waals surface area (Å²) in [6, 6.07) is 3.75. The Balaban J connectivity index is 2.57. The quantitative estimate of drug-likeness (QED) is 0.723. The number of carbonyl (C=O) groups excluding carboxylic acids is 1. The maximum atomic E-state index is 12.1. The van der Waals surface area contributed by atoms with Crippen molar-refractivity contribution in [2.75, 3.05) is 6.54 Å². The summed E-state index contributed by atoms with van der Waals surface area (Å²) in [6.07, 6.45) is -4.90. The molecule has 0 heterocycles. The van der Waals surface area contributed by atoms with Gasteiger partial charge in [0.15, 0.2) is 0 Å². The number of amides is 1. The Bertz CT molecular complexity index is 673. The van der Waals surface area contributed by atoms with E-state index in [1.54, 1.807) is 0 Å². The van der Waals surface area contributed by atoms with Gasteiger partial charge in [0.25, 0.3) is 0 Å². The molecule has 1 unspecified atom stereocenters. The minimum atomic E-state index is -4.85. The molecule has 0 spiro atoms. The highest BCUT2D eigenvalue weighted by molar-refractivity contribution is 7.89. The molecule has 0 aliphatic heterocycles. The van der Waals surface area contributed by atoms with E-state index >= 15 is 0 Å². The van der Waals surface area contributed by atoms with Crippen molar-refractivity contribution >= 4 is 15.9 Å². The monoisotopic (exact) mass is 382 g/mol. The Morgan fingerprint density at radius 2 is 1.72 bits per heavy atom. The van der Waals surface area contributed by atoms with Gasteiger partial charge in [-0.25, -0.2) is 13.1 Å². The number of benzene rings is 1. The summed E-state index contributed by atoms with van der Waals surface area (Å²) in [4.78, 5) is 11.5. The van der Waals surface area contributed by atoms with E-state index < -0.39 is 22.1 Å². The van der Waals surface area contributed by atoms with Crippen LogP contribution in [0.4, 0.5) is 13.2 Å². The molecule has 25 heavy (non-hydrogen) atoms. The van der Waals surface area contributed by atoms with Gasteiger partial charge in [-0.3, -0.25) is 4.79 Å². The van der Waals surface area contributed by atoms with Crippen LogP contribution in [0.2, 0.25) is 0 Å². The van der Waals surface area contributed by atoms with Crippen LogP contribution < -0.4 is 14.8 Å². The Labute approximate surface area is 144 Å². The van der Waals surface area contributed by atoms with Crippen LogP contribution in [0.1, 0.15) is 27.2 Å². The topological polar surface area (TPSA) is 84.5 Å². The Hall–Kier alpha value is -1.81. The molecule has 0 bridgehead atoms. The molecule has 2 N–H and O–H groups in total. The van der Waals surface area contributed by atoms with Crippen LogP contribution in [0.3, 0.4) is 0 Å². The molecule has 142 valence electrons. The van der Waals surface area contributed by atoms with Gasteiger partial charge in [0.1, 0.15) is 5.75 Å². The number of hydrogen-bond acceptors (Lipinski definition) is 4. The van der Waals surface area contributed by atoms with E-state index in [4.69, 9.17) is 0 Å². The fraction of sp³-hybridized carbons (Fsp3) is 0.533. The molecule has 0 radical (unpaired) electrons. The molecule has 0 fully saturated rings. The second kappa shape index (κ2) is 8.52. The third kappa shape index (κ3) is 7.74. The zero-order chi connectivity index (χ0) is 19.3. The summed E-state index contributed by atoms with van der Waals surface area (Å²) in [5, 5.41) is 2.74. The zero-order valence-corrected chi connectivity index (χ0v) is 14.9. The maximum absolute atomic E-state index is 12.1. The highest BCUT2D eigenvalue weighted by Gasteiger charge is 2.31. The third-order valence-corrected chi connectivity index (χ3v) is 4.88. The number of alkyl halides is 3. The summed E-state index contributed by atoms with van der Waals surface area (Å²) < 4.78 is 66.2. The van der Waals surface area contributed by atoms with E-state index in [0.717, 1.165) is 24.3 Å². The Morgan fingerprint density at radius 1 is 1.16 bits per heavy atom. The van der Waals surface area contributed by atoms with Crippen molar-refractivity contribution in [1.82, 2.24) is 10.0 Å². The average Bonchev–Trinajstić information content (AvgIpc) is 2.45. The molecular weight excluding hydrogens is 361 g/mol. The van der Waals surface area contributed by atoms with Gasteiger partial charge in [-0.2, -0.15) is 0 Å². The van der Waals surface area contributed by atoms with Crippen LogP contribution in [0.15, 0.2) is 29.2 Å². The predicted octanol–water partition coefficient (Wildman–Crippen LogP) is 2.41. The molecular formula is C15H21F3N2O4S. The second-order valence-corrected chi connectivity index (χ2v) is 7.53. The van der Waals surface area contributed by atoms with Crippen LogP contribution in [0.25, 0.3) is 0 Å². The average molecular weight is 382 g/mol. The van der Waals surface area contributed by atoms with Crippen molar-refractivity contribution in [3.8, 4) is 5.75 Å². The number of hydrogen-bond donors (Lipinski definition) is 2. The number of nitrogens with one attached hydrogen (secondary N) is 2. The number of ether oxygens (including phenoxy) is 1. The lowest BCUT2D eigenvalue weighted by atomic mass is 10.1. The third-order valence-electron chi connectivity index (χ3n) is 3.40. The SMILES string of the molecule is CC(C)C(C)NC(=O)CCNS(=O)(=O)c1ccc(OC(F)(F)F)cc1. The van der Waals surface area contributed by atoms with Gasteiger partial charge in [0, 0.05) is 19.0 Å². The summed E-state index contributed by atoms with van der Waals surface area (Å²) in [6.45, 7) is 5.61. The van der Waals surface area contributed by atoms with Crippen molar-refractivity contribution < 1.29 is 31.1 Å². The largest absolute Gasteiger partial charge is 0.573 e. The highest BCUT2D eigenvalue weighted by Crippen LogP contribution is 2.23. The fourth-order valence-corrected chi connectivity index (χ4v) is 2.73. The van der Waals surface area contributed by atoms with E-state index in [-0.39, 0.29) is 35.7 Å². The predicted molar refractivity (Wildman–Crippen MR) is 85.4 cm³/mol. The standard InChI is InChI=1S/C15H21F3N2O4S/c1-10(2)11(3)20-14(21)8-9-19-25(22,23)13-6-4-12(5-7-13)24-15(16,17)18/h4-7,10-11,19H,8-9H2,1-3H3,(H,20,21). The van der Waals surface area contributed by atoms with Crippen LogP contribution in [0.5, 0.6) is 5.75 Å². The summed E-state index contributed by atoms with van der Waals surface area (Å²) >= 11 is 0. The van der Waals surface area contributed by atoms with Gasteiger partial charge in [-0.1, -0.05) is 13.8 Å². The molecule has 0 saturated heterocycles. The van der Waals surface area contributed by atoms with Gasteiger partial charge in [0.2, 0.25) is 15.9 Å². The van der Waals surface area contributed by atoms with Crippen molar-refractivity contribution in [2.24, 2.45) is 5.92 Å². The van der Waals surface area contributed by atoms with Gasteiger partial charge >= 0.3 is 6.36 Å². The van der Waals surface area contributed by atoms with E-state index in [0.29, 0.717) is 0 Å². The van der Waals surface area contributed by atoms with Gasteiger partial charge < -0.3 is 10.1 Å². The lowest BCUT2D eigenvalue weighted by Gasteiger charge is -2.17. The lowest BCUT2D eigenvalue weighted by Crippen LogP contribution is -2.38. The van der Waals surface area contributed by atoms with Crippen LogP contribution in [-0.4, -0.2) is 33.3 Å². The maximum Gasteiger partial charge on any atom is 0.573 e. The zero-order valence-electron chi connectivity index (χ0n) is 14.1. The van der Waals surface area contributed by atoms with Gasteiger partial charge in [-0.05, 0) is 37.1 Å². The van der Waals surface area contributed by atoms with Crippen LogP contribution >= 0.6 is 0 Å². The van der Waals surface area contributed by atoms with E-state index in [1.807, 2.05) is 20.8 Å². The first kappa shape index (κ1) is 21.2. The molecule has 0 saturated carbocycles. The number of rotatable bonds is 8. The van der Waals surface area contributed by atoms with E-state index in [1.165, 1.54) is 0 Å². The summed E-state index contributed by atoms with van der Waals surface area (Å²) in [7, 11) is -3.93. The molecule has 0 aromatic heterocycles. The van der Waals surface area contributed by atoms with E-state index in [9.17, 15) is 26.4 Å². The fourth-order valence-electron chi connectivity index (χ4n) is 1.70. The Kier molecular flexibility index (Phi) is 7.24. The van der Waals surface area contributed by atoms with Crippen molar-refractivity contribution in [3.05, 3.63) is 24.3 Å². The first-order valence-electron chi connectivity index (χ1n) is 7.55. The number of carbonyl (C=O) groups is 1. The molecule has 10 heteroatoms. The van der Waals surface area contributed by atoms with Crippen LogP contribution in [-0.2, 0) is 14.8 Å². The molecule has 0 aliphatic carbocycles. The van der Waals surface area contributed by atoms with Crippen LogP contribution in [0, 0.1) is 5.92 Å². The molecule has 6 nitrogen and oxygen atoms in total. The molecule has 1 rings (SSSR count). The number of halogens is 3. The minimum Gasteiger partial charge on any atom is -0.406 e. The first-order chi connectivity index (χ1) is 11.4. The normalized spacial score (nSPS) is 13.6. The van der Waals surface area contributed by atoms with Gasteiger partial charge in [0.05, 0.1) is 4.90 Å². The lowest BCUT2D eigenvalue weighted by molar-refractivity contribution is -0.274. The molecule has 1 atom stereocenters. The van der Waals surface area contributed by atoms with Gasteiger partial charge in [-0.15, -0.1) is 13.2 Å². The summed E-state index contributed by atoms with van der Waals surface area (Å²) in [5.41, 5.74) is 0. The number of sulfonamides is 1. The summed E-state index contributed by atoms with van der Waals surface area (Å²) in [5.74, 6) is -0.565. The van der Waals surface area contributed by atoms with E-state index in [2.05, 4.69) is 14.8 Å². The van der Waals surface area contributed by atoms with Crippen molar-refractivity contribution in [3.63, 3.8) is 0 Å². The Morgan fingerprint density at radius 3 is 2.20 bits per heavy atom. The highest BCUT2D eigenvalue weighted by atomic mass is 32.2. The second-order valence-electron chi connectivity index (χ2n) is 5.77. The van der Waals surface area contributed by atoms with Crippen molar-refractivity contribution in [2.45, 2.75) is 44.5 Å². The molecule has 1 amide bonds.